The zero-order chi connectivity index (χ0) is 10.4. The van der Waals surface area contributed by atoms with E-state index in [2.05, 4.69) is 10.4 Å². The lowest BCUT2D eigenvalue weighted by atomic mass is 10.4. The normalized spacial score (nSPS) is 12.2. The van der Waals surface area contributed by atoms with Crippen molar-refractivity contribution in [2.75, 3.05) is 19.1 Å². The van der Waals surface area contributed by atoms with Crippen molar-refractivity contribution in [2.45, 2.75) is 13.0 Å². The van der Waals surface area contributed by atoms with Gasteiger partial charge in [0.05, 0.1) is 6.61 Å². The summed E-state index contributed by atoms with van der Waals surface area (Å²) in [5, 5.41) is 0. The van der Waals surface area contributed by atoms with E-state index in [1.54, 1.807) is 19.2 Å². The molecule has 0 aromatic carbocycles. The fourth-order valence-electron chi connectivity index (χ4n) is 1.04. The number of hydrogen-bond donors (Lipinski definition) is 2. The van der Waals surface area contributed by atoms with Crippen LogP contribution in [0.4, 0.5) is 5.82 Å². The first kappa shape index (κ1) is 10.7. The summed E-state index contributed by atoms with van der Waals surface area (Å²) in [5.74, 6) is 6.32. The number of nitrogen functional groups attached to an aromatic ring is 1. The lowest BCUT2D eigenvalue weighted by Crippen LogP contribution is -2.19. The maximum atomic E-state index is 5.47. The smallest absolute Gasteiger partial charge is 0.215 e. The van der Waals surface area contributed by atoms with Crippen LogP contribution in [0.25, 0.3) is 0 Å². The molecule has 1 aromatic heterocycles. The molecule has 0 radical (unpaired) electrons. The Morgan fingerprint density at radius 1 is 1.57 bits per heavy atom. The van der Waals surface area contributed by atoms with Gasteiger partial charge in [-0.15, -0.1) is 0 Å². The topological polar surface area (TPSA) is 69.4 Å². The Bertz CT molecular complexity index is 281. The van der Waals surface area contributed by atoms with Crippen LogP contribution in [0.1, 0.15) is 6.92 Å². The number of rotatable bonds is 5. The number of aromatic nitrogens is 1. The van der Waals surface area contributed by atoms with E-state index in [1.165, 1.54) is 0 Å². The Labute approximate surface area is 83.2 Å². The number of ether oxygens (including phenoxy) is 2. The molecule has 0 aliphatic carbocycles. The van der Waals surface area contributed by atoms with Crippen LogP contribution >= 0.6 is 0 Å². The van der Waals surface area contributed by atoms with Crippen LogP contribution in [0, 0.1) is 0 Å². The molecule has 0 aliphatic rings. The van der Waals surface area contributed by atoms with E-state index in [0.717, 1.165) is 0 Å². The second-order valence-electron chi connectivity index (χ2n) is 2.89. The van der Waals surface area contributed by atoms with Gasteiger partial charge in [-0.3, -0.25) is 0 Å². The highest BCUT2D eigenvalue weighted by Crippen LogP contribution is 2.11. The van der Waals surface area contributed by atoms with Gasteiger partial charge in [0.15, 0.2) is 0 Å². The van der Waals surface area contributed by atoms with E-state index in [-0.39, 0.29) is 6.10 Å². The molecule has 1 heterocycles. The first-order chi connectivity index (χ1) is 6.76. The van der Waals surface area contributed by atoms with Gasteiger partial charge >= 0.3 is 0 Å². The molecule has 78 valence electrons. The van der Waals surface area contributed by atoms with E-state index in [1.807, 2.05) is 13.0 Å². The summed E-state index contributed by atoms with van der Waals surface area (Å²) >= 11 is 0. The summed E-state index contributed by atoms with van der Waals surface area (Å²) in [6.45, 7) is 2.44. The van der Waals surface area contributed by atoms with Crippen LogP contribution in [0.5, 0.6) is 5.88 Å². The fourth-order valence-corrected chi connectivity index (χ4v) is 1.04. The molecular formula is C9H15N3O2. The predicted molar refractivity (Wildman–Crippen MR) is 54.0 cm³/mol. The summed E-state index contributed by atoms with van der Waals surface area (Å²) in [5.41, 5.74) is 2.45. The minimum atomic E-state index is -0.0273. The molecular weight excluding hydrogens is 182 g/mol. The Hall–Kier alpha value is -1.33. The highest BCUT2D eigenvalue weighted by Gasteiger charge is 2.04. The van der Waals surface area contributed by atoms with Gasteiger partial charge < -0.3 is 14.9 Å². The van der Waals surface area contributed by atoms with Gasteiger partial charge in [-0.05, 0) is 13.0 Å². The number of nitrogens with two attached hydrogens (primary N) is 1. The molecule has 3 N–H and O–H groups in total. The van der Waals surface area contributed by atoms with Crippen LogP contribution in [0.2, 0.25) is 0 Å². The number of nitrogens with one attached hydrogen (secondary N) is 1. The SMILES string of the molecule is COCC(C)Oc1cccc(NN)n1. The molecule has 0 aliphatic heterocycles. The summed E-state index contributed by atoms with van der Waals surface area (Å²) < 4.78 is 10.4. The van der Waals surface area contributed by atoms with Gasteiger partial charge in [0.2, 0.25) is 5.88 Å². The Morgan fingerprint density at radius 2 is 2.36 bits per heavy atom. The molecule has 5 nitrogen and oxygen atoms in total. The number of anilines is 1. The molecule has 14 heavy (non-hydrogen) atoms. The maximum Gasteiger partial charge on any atom is 0.215 e. The summed E-state index contributed by atoms with van der Waals surface area (Å²) in [7, 11) is 1.63. The lowest BCUT2D eigenvalue weighted by molar-refractivity contribution is 0.0891. The van der Waals surface area contributed by atoms with E-state index in [9.17, 15) is 0 Å². The van der Waals surface area contributed by atoms with Crippen molar-refractivity contribution >= 4 is 5.82 Å². The molecule has 0 fully saturated rings. The van der Waals surface area contributed by atoms with Gasteiger partial charge in [0, 0.05) is 13.2 Å². The molecule has 0 saturated carbocycles. The third kappa shape index (κ3) is 3.20. The lowest BCUT2D eigenvalue weighted by Gasteiger charge is -2.12. The number of nitrogens with zero attached hydrogens (tertiary/aromatic N) is 1. The number of hydrogen-bond acceptors (Lipinski definition) is 5. The summed E-state index contributed by atoms with van der Waals surface area (Å²) in [4.78, 5) is 4.10. The zero-order valence-electron chi connectivity index (χ0n) is 8.36. The van der Waals surface area contributed by atoms with Crippen molar-refractivity contribution in [1.29, 1.82) is 0 Å². The van der Waals surface area contributed by atoms with Gasteiger partial charge in [-0.1, -0.05) is 6.07 Å². The van der Waals surface area contributed by atoms with Crippen molar-refractivity contribution in [3.05, 3.63) is 18.2 Å². The monoisotopic (exact) mass is 197 g/mol. The van der Waals surface area contributed by atoms with Gasteiger partial charge in [0.1, 0.15) is 11.9 Å². The average molecular weight is 197 g/mol. The molecule has 0 saturated heterocycles. The van der Waals surface area contributed by atoms with Crippen LogP contribution in [0.3, 0.4) is 0 Å². The van der Waals surface area contributed by atoms with Crippen LogP contribution in [0.15, 0.2) is 18.2 Å². The second-order valence-corrected chi connectivity index (χ2v) is 2.89. The second kappa shape index (κ2) is 5.41. The molecule has 1 atom stereocenters. The molecule has 1 aromatic rings. The fraction of sp³-hybridized carbons (Fsp3) is 0.444. The third-order valence-corrected chi connectivity index (χ3v) is 1.59. The Balaban J connectivity index is 2.57. The molecule has 0 spiro atoms. The van der Waals surface area contributed by atoms with Crippen molar-refractivity contribution in [3.63, 3.8) is 0 Å². The molecule has 5 heteroatoms. The highest BCUT2D eigenvalue weighted by molar-refractivity contribution is 5.35. The molecule has 1 unspecified atom stereocenters. The number of hydrazine groups is 1. The van der Waals surface area contributed by atoms with Crippen molar-refractivity contribution in [1.82, 2.24) is 4.98 Å². The van der Waals surface area contributed by atoms with E-state index >= 15 is 0 Å². The molecule has 0 bridgehead atoms. The van der Waals surface area contributed by atoms with Crippen molar-refractivity contribution in [2.24, 2.45) is 5.84 Å². The van der Waals surface area contributed by atoms with Crippen LogP contribution < -0.4 is 16.0 Å². The average Bonchev–Trinajstić information content (AvgIpc) is 2.18. The maximum absolute atomic E-state index is 5.47. The Morgan fingerprint density at radius 3 is 3.00 bits per heavy atom. The first-order valence-corrected chi connectivity index (χ1v) is 4.35. The number of methoxy groups -OCH3 is 1. The van der Waals surface area contributed by atoms with Gasteiger partial charge in [-0.25, -0.2) is 5.84 Å². The minimum absolute atomic E-state index is 0.0273. The first-order valence-electron chi connectivity index (χ1n) is 4.35. The number of pyridine rings is 1. The quantitative estimate of drug-likeness (QED) is 0.539. The Kier molecular flexibility index (Phi) is 4.15. The summed E-state index contributed by atoms with van der Waals surface area (Å²) in [6.07, 6.45) is -0.0273. The van der Waals surface area contributed by atoms with Crippen LogP contribution in [-0.2, 0) is 4.74 Å². The van der Waals surface area contributed by atoms with E-state index in [0.29, 0.717) is 18.3 Å². The van der Waals surface area contributed by atoms with E-state index < -0.39 is 0 Å². The zero-order valence-corrected chi connectivity index (χ0v) is 8.36. The standard InChI is InChI=1S/C9H15N3O2/c1-7(6-13-2)14-9-5-3-4-8(11-9)12-10/h3-5,7H,6,10H2,1-2H3,(H,11,12). The van der Waals surface area contributed by atoms with Crippen LogP contribution in [-0.4, -0.2) is 24.8 Å². The van der Waals surface area contributed by atoms with Gasteiger partial charge in [-0.2, -0.15) is 4.98 Å². The molecule has 1 rings (SSSR count). The van der Waals surface area contributed by atoms with E-state index in [4.69, 9.17) is 15.3 Å². The predicted octanol–water partition coefficient (Wildman–Crippen LogP) is 0.781. The largest absolute Gasteiger partial charge is 0.472 e. The molecule has 0 amide bonds. The highest BCUT2D eigenvalue weighted by atomic mass is 16.5. The van der Waals surface area contributed by atoms with Gasteiger partial charge in [0.25, 0.3) is 0 Å². The van der Waals surface area contributed by atoms with Crippen molar-refractivity contribution < 1.29 is 9.47 Å². The summed E-state index contributed by atoms with van der Waals surface area (Å²) in [6, 6.07) is 5.35. The third-order valence-electron chi connectivity index (χ3n) is 1.59. The van der Waals surface area contributed by atoms with Crippen molar-refractivity contribution in [3.8, 4) is 5.88 Å². The minimum Gasteiger partial charge on any atom is -0.472 e.